The van der Waals surface area contributed by atoms with Crippen LogP contribution >= 0.6 is 12.4 Å². The van der Waals surface area contributed by atoms with Gasteiger partial charge in [-0.05, 0) is 31.3 Å². The van der Waals surface area contributed by atoms with E-state index in [2.05, 4.69) is 10.6 Å². The SMILES string of the molecule is CNCCN(C)C(=O)CCC(=O)NCC(=O)c1ccc(OC)cc1.Cl. The van der Waals surface area contributed by atoms with Gasteiger partial charge in [-0.25, -0.2) is 0 Å². The maximum absolute atomic E-state index is 12.0. The zero-order valence-corrected chi connectivity index (χ0v) is 15.6. The third kappa shape index (κ3) is 8.51. The molecule has 25 heavy (non-hydrogen) atoms. The average molecular weight is 372 g/mol. The van der Waals surface area contributed by atoms with Crippen LogP contribution in [0, 0.1) is 0 Å². The highest BCUT2D eigenvalue weighted by atomic mass is 35.5. The lowest BCUT2D eigenvalue weighted by atomic mass is 10.1. The lowest BCUT2D eigenvalue weighted by Crippen LogP contribution is -2.34. The molecule has 0 saturated carbocycles. The number of hydrogen-bond acceptors (Lipinski definition) is 5. The maximum atomic E-state index is 12.0. The van der Waals surface area contributed by atoms with Crippen molar-refractivity contribution in [3.63, 3.8) is 0 Å². The van der Waals surface area contributed by atoms with E-state index < -0.39 is 0 Å². The summed E-state index contributed by atoms with van der Waals surface area (Å²) in [4.78, 5) is 37.1. The maximum Gasteiger partial charge on any atom is 0.222 e. The van der Waals surface area contributed by atoms with E-state index in [0.29, 0.717) is 24.4 Å². The first-order chi connectivity index (χ1) is 11.5. The van der Waals surface area contributed by atoms with Crippen LogP contribution in [-0.2, 0) is 9.59 Å². The zero-order chi connectivity index (χ0) is 17.9. The van der Waals surface area contributed by atoms with Crippen molar-refractivity contribution in [2.75, 3.05) is 40.8 Å². The molecule has 0 radical (unpaired) electrons. The minimum atomic E-state index is -0.313. The number of ketones is 1. The summed E-state index contributed by atoms with van der Waals surface area (Å²) in [6, 6.07) is 6.67. The number of Topliss-reactive ketones (excluding diaryl/α,β-unsaturated/α-hetero) is 1. The van der Waals surface area contributed by atoms with Crippen LogP contribution in [-0.4, -0.2) is 63.3 Å². The topological polar surface area (TPSA) is 87.7 Å². The molecular formula is C17H26ClN3O4. The predicted octanol–water partition coefficient (Wildman–Crippen LogP) is 0.874. The molecular weight excluding hydrogens is 346 g/mol. The summed E-state index contributed by atoms with van der Waals surface area (Å²) in [6.07, 6.45) is 0.196. The molecule has 0 heterocycles. The van der Waals surface area contributed by atoms with Gasteiger partial charge in [0.05, 0.1) is 13.7 Å². The van der Waals surface area contributed by atoms with Gasteiger partial charge in [-0.3, -0.25) is 14.4 Å². The molecule has 0 fully saturated rings. The molecule has 0 atom stereocenters. The van der Waals surface area contributed by atoms with Crippen LogP contribution in [0.3, 0.4) is 0 Å². The van der Waals surface area contributed by atoms with Crippen molar-refractivity contribution in [1.82, 2.24) is 15.5 Å². The fraction of sp³-hybridized carbons (Fsp3) is 0.471. The Hall–Kier alpha value is -2.12. The number of carbonyl (C=O) groups is 3. The fourth-order valence-corrected chi connectivity index (χ4v) is 1.96. The first kappa shape index (κ1) is 22.9. The lowest BCUT2D eigenvalue weighted by molar-refractivity contribution is -0.132. The molecule has 0 unspecified atom stereocenters. The molecule has 7 nitrogen and oxygen atoms in total. The third-order valence-electron chi connectivity index (χ3n) is 3.55. The van der Waals surface area contributed by atoms with E-state index in [0.717, 1.165) is 0 Å². The molecule has 2 amide bonds. The smallest absolute Gasteiger partial charge is 0.222 e. The quantitative estimate of drug-likeness (QED) is 0.596. The van der Waals surface area contributed by atoms with Gasteiger partial charge in [-0.1, -0.05) is 0 Å². The van der Waals surface area contributed by atoms with Gasteiger partial charge in [0.2, 0.25) is 11.8 Å². The standard InChI is InChI=1S/C17H25N3O4.ClH/c1-18-10-11-20(2)17(23)9-8-16(22)19-12-15(21)13-4-6-14(24-3)7-5-13;/h4-7,18H,8-12H2,1-3H3,(H,19,22);1H. The van der Waals surface area contributed by atoms with Crippen molar-refractivity contribution in [2.45, 2.75) is 12.8 Å². The minimum Gasteiger partial charge on any atom is -0.497 e. The van der Waals surface area contributed by atoms with Crippen molar-refractivity contribution in [2.24, 2.45) is 0 Å². The fourth-order valence-electron chi connectivity index (χ4n) is 1.96. The first-order valence-electron chi connectivity index (χ1n) is 7.80. The minimum absolute atomic E-state index is 0. The Balaban J connectivity index is 0.00000576. The van der Waals surface area contributed by atoms with Gasteiger partial charge in [-0.2, -0.15) is 0 Å². The van der Waals surface area contributed by atoms with Crippen LogP contribution in [0.1, 0.15) is 23.2 Å². The molecule has 2 N–H and O–H groups in total. The van der Waals surface area contributed by atoms with Gasteiger partial charge >= 0.3 is 0 Å². The molecule has 0 aliphatic heterocycles. The monoisotopic (exact) mass is 371 g/mol. The molecule has 140 valence electrons. The molecule has 1 aromatic rings. The first-order valence-corrected chi connectivity index (χ1v) is 7.80. The molecule has 1 aromatic carbocycles. The lowest BCUT2D eigenvalue weighted by Gasteiger charge is -2.16. The molecule has 1 rings (SSSR count). The number of nitrogens with zero attached hydrogens (tertiary/aromatic N) is 1. The Morgan fingerprint density at radius 2 is 1.76 bits per heavy atom. The second kappa shape index (κ2) is 12.3. The molecule has 0 aliphatic carbocycles. The van der Waals surface area contributed by atoms with Crippen LogP contribution in [0.5, 0.6) is 5.75 Å². The number of benzene rings is 1. The largest absolute Gasteiger partial charge is 0.497 e. The van der Waals surface area contributed by atoms with Crippen LogP contribution in [0.25, 0.3) is 0 Å². The normalized spacial score (nSPS) is 9.72. The average Bonchev–Trinajstić information content (AvgIpc) is 2.61. The summed E-state index contributed by atoms with van der Waals surface area (Å²) < 4.78 is 5.02. The van der Waals surface area contributed by atoms with Crippen LogP contribution < -0.4 is 15.4 Å². The number of nitrogens with one attached hydrogen (secondary N) is 2. The molecule has 0 bridgehead atoms. The number of hydrogen-bond donors (Lipinski definition) is 2. The van der Waals surface area contributed by atoms with Gasteiger partial charge in [0, 0.05) is 38.5 Å². The van der Waals surface area contributed by atoms with Gasteiger partial charge in [0.1, 0.15) is 5.75 Å². The van der Waals surface area contributed by atoms with Crippen LogP contribution in [0.2, 0.25) is 0 Å². The molecule has 0 aliphatic rings. The Morgan fingerprint density at radius 1 is 1.12 bits per heavy atom. The Morgan fingerprint density at radius 3 is 2.32 bits per heavy atom. The van der Waals surface area contributed by atoms with E-state index in [1.165, 1.54) is 0 Å². The highest BCUT2D eigenvalue weighted by Gasteiger charge is 2.12. The Kier molecular flexibility index (Phi) is 11.2. The highest BCUT2D eigenvalue weighted by molar-refractivity contribution is 5.99. The zero-order valence-electron chi connectivity index (χ0n) is 14.8. The number of rotatable bonds is 10. The van der Waals surface area contributed by atoms with Crippen molar-refractivity contribution in [3.05, 3.63) is 29.8 Å². The summed E-state index contributed by atoms with van der Waals surface area (Å²) in [5, 5.41) is 5.50. The summed E-state index contributed by atoms with van der Waals surface area (Å²) >= 11 is 0. The van der Waals surface area contributed by atoms with Crippen molar-refractivity contribution in [1.29, 1.82) is 0 Å². The third-order valence-corrected chi connectivity index (χ3v) is 3.55. The molecule has 8 heteroatoms. The highest BCUT2D eigenvalue weighted by Crippen LogP contribution is 2.11. The van der Waals surface area contributed by atoms with E-state index in [4.69, 9.17) is 4.74 Å². The number of carbonyl (C=O) groups excluding carboxylic acids is 3. The number of halogens is 1. The Bertz CT molecular complexity index is 564. The van der Waals surface area contributed by atoms with Gasteiger partial charge in [-0.15, -0.1) is 12.4 Å². The van der Waals surface area contributed by atoms with E-state index >= 15 is 0 Å². The Labute approximate surface area is 154 Å². The van der Waals surface area contributed by atoms with Crippen molar-refractivity contribution in [3.8, 4) is 5.75 Å². The molecule has 0 spiro atoms. The second-order valence-electron chi connectivity index (χ2n) is 5.35. The van der Waals surface area contributed by atoms with E-state index in [-0.39, 0.29) is 49.4 Å². The molecule has 0 saturated heterocycles. The van der Waals surface area contributed by atoms with E-state index in [9.17, 15) is 14.4 Å². The number of amides is 2. The van der Waals surface area contributed by atoms with E-state index in [1.807, 2.05) is 7.05 Å². The van der Waals surface area contributed by atoms with Gasteiger partial charge in [0.15, 0.2) is 5.78 Å². The summed E-state index contributed by atoms with van der Waals surface area (Å²) in [5.74, 6) is 0.0640. The molecule has 0 aromatic heterocycles. The summed E-state index contributed by atoms with van der Waals surface area (Å²) in [7, 11) is 5.06. The van der Waals surface area contributed by atoms with Crippen molar-refractivity contribution < 1.29 is 19.1 Å². The number of ether oxygens (including phenoxy) is 1. The van der Waals surface area contributed by atoms with Crippen molar-refractivity contribution >= 4 is 30.0 Å². The van der Waals surface area contributed by atoms with Gasteiger partial charge in [0.25, 0.3) is 0 Å². The predicted molar refractivity (Wildman–Crippen MR) is 98.4 cm³/mol. The van der Waals surface area contributed by atoms with Gasteiger partial charge < -0.3 is 20.3 Å². The van der Waals surface area contributed by atoms with Crippen LogP contribution in [0.15, 0.2) is 24.3 Å². The number of methoxy groups -OCH3 is 1. The number of likely N-dealkylation sites (N-methyl/N-ethyl adjacent to an activating group) is 2. The summed E-state index contributed by atoms with van der Waals surface area (Å²) in [5.41, 5.74) is 0.499. The second-order valence-corrected chi connectivity index (χ2v) is 5.35. The van der Waals surface area contributed by atoms with E-state index in [1.54, 1.807) is 43.3 Å². The summed E-state index contributed by atoms with van der Waals surface area (Å²) in [6.45, 7) is 1.20. The van der Waals surface area contributed by atoms with Crippen LogP contribution in [0.4, 0.5) is 0 Å².